The first-order chi connectivity index (χ1) is 12.4. The molecule has 0 saturated carbocycles. The lowest BCUT2D eigenvalue weighted by Gasteiger charge is -2.29. The molecule has 1 saturated heterocycles. The second-order valence-electron chi connectivity index (χ2n) is 6.85. The van der Waals surface area contributed by atoms with Crippen molar-refractivity contribution in [3.05, 3.63) is 23.3 Å². The van der Waals surface area contributed by atoms with E-state index in [-0.39, 0.29) is 12.7 Å². The Labute approximate surface area is 152 Å². The molecular weight excluding hydrogens is 338 g/mol. The third-order valence-corrected chi connectivity index (χ3v) is 4.88. The summed E-state index contributed by atoms with van der Waals surface area (Å²) in [7, 11) is 3.19. The fourth-order valence-corrected chi connectivity index (χ4v) is 3.51. The average molecular weight is 362 g/mol. The molecule has 0 spiro atoms. The van der Waals surface area contributed by atoms with Gasteiger partial charge in [0.25, 0.3) is 0 Å². The van der Waals surface area contributed by atoms with Crippen LogP contribution in [-0.4, -0.2) is 61.1 Å². The minimum atomic E-state index is -0.742. The highest BCUT2D eigenvalue weighted by Gasteiger charge is 2.47. The van der Waals surface area contributed by atoms with Gasteiger partial charge in [-0.25, -0.2) is 9.69 Å². The van der Waals surface area contributed by atoms with E-state index < -0.39 is 17.8 Å². The number of hydrogen-bond acceptors (Lipinski definition) is 5. The van der Waals surface area contributed by atoms with Crippen molar-refractivity contribution < 1.29 is 28.8 Å². The Balaban J connectivity index is 1.77. The number of urea groups is 1. The van der Waals surface area contributed by atoms with Crippen LogP contribution in [0.3, 0.4) is 0 Å². The number of nitrogens with zero attached hydrogens (tertiary/aromatic N) is 2. The molecule has 1 N–H and O–H groups in total. The average Bonchev–Trinajstić information content (AvgIpc) is 2.83. The van der Waals surface area contributed by atoms with Gasteiger partial charge in [0.2, 0.25) is 0 Å². The fraction of sp³-hybridized carbons (Fsp3) is 0.500. The van der Waals surface area contributed by atoms with Crippen LogP contribution in [0, 0.1) is 0 Å². The zero-order valence-electron chi connectivity index (χ0n) is 15.5. The molecule has 0 radical (unpaired) electrons. The van der Waals surface area contributed by atoms with E-state index in [1.165, 1.54) is 5.56 Å². The lowest BCUT2D eigenvalue weighted by molar-refractivity contribution is -0.923. The first-order valence-electron chi connectivity index (χ1n) is 8.63. The second-order valence-corrected chi connectivity index (χ2v) is 6.85. The molecular formula is C18H24N3O5+. The minimum absolute atomic E-state index is 0.181. The van der Waals surface area contributed by atoms with Crippen LogP contribution in [0.4, 0.5) is 4.79 Å². The van der Waals surface area contributed by atoms with E-state index in [0.717, 1.165) is 33.2 Å². The quantitative estimate of drug-likeness (QED) is 0.580. The van der Waals surface area contributed by atoms with Crippen molar-refractivity contribution in [3.8, 4) is 11.5 Å². The van der Waals surface area contributed by atoms with Gasteiger partial charge in [-0.15, -0.1) is 0 Å². The van der Waals surface area contributed by atoms with Gasteiger partial charge in [-0.05, 0) is 31.5 Å². The van der Waals surface area contributed by atoms with E-state index >= 15 is 0 Å². The molecule has 26 heavy (non-hydrogen) atoms. The number of nitrogens with one attached hydrogen (secondary N) is 1. The Kier molecular flexibility index (Phi) is 4.86. The summed E-state index contributed by atoms with van der Waals surface area (Å²) in [5.74, 6) is -0.137. The summed E-state index contributed by atoms with van der Waals surface area (Å²) in [4.78, 5) is 39.8. The molecule has 0 aliphatic carbocycles. The number of benzene rings is 1. The van der Waals surface area contributed by atoms with Crippen LogP contribution < -0.4 is 14.4 Å². The second kappa shape index (κ2) is 6.95. The first kappa shape index (κ1) is 18.2. The highest BCUT2D eigenvalue weighted by Crippen LogP contribution is 2.31. The lowest BCUT2D eigenvalue weighted by Crippen LogP contribution is -3.13. The molecule has 1 fully saturated rings. The van der Waals surface area contributed by atoms with E-state index in [2.05, 4.69) is 0 Å². The van der Waals surface area contributed by atoms with Gasteiger partial charge >= 0.3 is 17.8 Å². The van der Waals surface area contributed by atoms with Crippen molar-refractivity contribution in [1.29, 1.82) is 0 Å². The monoisotopic (exact) mass is 362 g/mol. The molecule has 8 heteroatoms. The van der Waals surface area contributed by atoms with E-state index in [1.807, 2.05) is 12.1 Å². The molecule has 3 rings (SSSR count). The predicted octanol–water partition coefficient (Wildman–Crippen LogP) is -0.198. The number of amides is 4. The molecule has 1 aromatic carbocycles. The zero-order valence-corrected chi connectivity index (χ0v) is 15.5. The van der Waals surface area contributed by atoms with Gasteiger partial charge in [-0.3, -0.25) is 14.5 Å². The van der Waals surface area contributed by atoms with Crippen LogP contribution >= 0.6 is 0 Å². The van der Waals surface area contributed by atoms with Gasteiger partial charge in [0.1, 0.15) is 6.54 Å². The topological polar surface area (TPSA) is 80.6 Å². The Morgan fingerprint density at radius 3 is 2.19 bits per heavy atom. The van der Waals surface area contributed by atoms with Gasteiger partial charge in [0.15, 0.2) is 18.2 Å². The lowest BCUT2D eigenvalue weighted by atomic mass is 9.99. The molecule has 2 aliphatic rings. The highest BCUT2D eigenvalue weighted by atomic mass is 16.5. The number of methoxy groups -OCH3 is 2. The molecule has 1 unspecified atom stereocenters. The van der Waals surface area contributed by atoms with Crippen LogP contribution in [0.25, 0.3) is 0 Å². The standard InChI is InChI=1S/C18H23N3O5/c1-11(2)21-17(23)16(22)20(18(21)24)10-19-6-5-12-7-14(25-3)15(26-4)8-13(12)9-19/h7-8,11H,5-6,9-10H2,1-4H3/p+1. The zero-order chi connectivity index (χ0) is 19.0. The van der Waals surface area contributed by atoms with Crippen molar-refractivity contribution in [2.24, 2.45) is 0 Å². The van der Waals surface area contributed by atoms with Gasteiger partial charge in [0.05, 0.1) is 20.8 Å². The number of hydrogen-bond donors (Lipinski definition) is 1. The van der Waals surface area contributed by atoms with Gasteiger partial charge in [0, 0.05) is 18.0 Å². The molecule has 0 aromatic heterocycles. The number of ether oxygens (including phenoxy) is 2. The number of carbonyl (C=O) groups excluding carboxylic acids is 3. The van der Waals surface area contributed by atoms with E-state index in [1.54, 1.807) is 28.1 Å². The number of rotatable bonds is 5. The van der Waals surface area contributed by atoms with E-state index in [9.17, 15) is 14.4 Å². The van der Waals surface area contributed by atoms with Crippen molar-refractivity contribution in [1.82, 2.24) is 9.80 Å². The Morgan fingerprint density at radius 1 is 1.04 bits per heavy atom. The minimum Gasteiger partial charge on any atom is -0.493 e. The maximum absolute atomic E-state index is 12.4. The molecule has 4 amide bonds. The number of imide groups is 2. The maximum Gasteiger partial charge on any atom is 0.338 e. The van der Waals surface area contributed by atoms with Crippen LogP contribution in [0.15, 0.2) is 12.1 Å². The van der Waals surface area contributed by atoms with Crippen molar-refractivity contribution >= 4 is 17.8 Å². The number of quaternary nitrogens is 1. The molecule has 0 bridgehead atoms. The third kappa shape index (κ3) is 3.01. The normalized spacial score (nSPS) is 20.0. The van der Waals surface area contributed by atoms with Crippen LogP contribution in [0.1, 0.15) is 25.0 Å². The Morgan fingerprint density at radius 2 is 1.65 bits per heavy atom. The number of carbonyl (C=O) groups is 3. The highest BCUT2D eigenvalue weighted by molar-refractivity contribution is 6.44. The van der Waals surface area contributed by atoms with Crippen molar-refractivity contribution in [3.63, 3.8) is 0 Å². The van der Waals surface area contributed by atoms with Crippen LogP contribution in [0.5, 0.6) is 11.5 Å². The summed E-state index contributed by atoms with van der Waals surface area (Å²) in [6.45, 7) is 5.02. The molecule has 140 valence electrons. The summed E-state index contributed by atoms with van der Waals surface area (Å²) in [6.07, 6.45) is 0.795. The largest absolute Gasteiger partial charge is 0.493 e. The molecule has 8 nitrogen and oxygen atoms in total. The summed E-state index contributed by atoms with van der Waals surface area (Å²) in [5, 5.41) is 0. The fourth-order valence-electron chi connectivity index (χ4n) is 3.51. The summed E-state index contributed by atoms with van der Waals surface area (Å²) in [5.41, 5.74) is 2.26. The van der Waals surface area contributed by atoms with Crippen molar-refractivity contribution in [2.45, 2.75) is 32.9 Å². The number of fused-ring (bicyclic) bond motifs is 1. The van der Waals surface area contributed by atoms with Crippen LogP contribution in [-0.2, 0) is 22.6 Å². The summed E-state index contributed by atoms with van der Waals surface area (Å²) >= 11 is 0. The SMILES string of the molecule is COc1cc2c(cc1OC)C[NH+](CN1C(=O)C(=O)N(C(C)C)C1=O)CC2. The van der Waals surface area contributed by atoms with Gasteiger partial charge in [-0.1, -0.05) is 0 Å². The molecule has 1 aromatic rings. The maximum atomic E-state index is 12.4. The van der Waals surface area contributed by atoms with E-state index in [4.69, 9.17) is 9.47 Å². The van der Waals surface area contributed by atoms with Crippen molar-refractivity contribution in [2.75, 3.05) is 27.4 Å². The predicted molar refractivity (Wildman–Crippen MR) is 91.9 cm³/mol. The van der Waals surface area contributed by atoms with E-state index in [0.29, 0.717) is 18.0 Å². The van der Waals surface area contributed by atoms with Gasteiger partial charge in [-0.2, -0.15) is 0 Å². The van der Waals surface area contributed by atoms with Crippen LogP contribution in [0.2, 0.25) is 0 Å². The molecule has 2 heterocycles. The smallest absolute Gasteiger partial charge is 0.338 e. The third-order valence-electron chi connectivity index (χ3n) is 4.88. The summed E-state index contributed by atoms with van der Waals surface area (Å²) in [6, 6.07) is 3.05. The summed E-state index contributed by atoms with van der Waals surface area (Å²) < 4.78 is 10.7. The molecule has 2 aliphatic heterocycles. The van der Waals surface area contributed by atoms with Gasteiger partial charge < -0.3 is 14.4 Å². The Bertz CT molecular complexity index is 761. The first-order valence-corrected chi connectivity index (χ1v) is 8.63. The molecule has 1 atom stereocenters. The Hall–Kier alpha value is -2.61.